The minimum absolute atomic E-state index is 0.00988. The number of carbonyl (C=O) groups excluding carboxylic acids is 3. The molecule has 1 aromatic heterocycles. The molecule has 0 fully saturated rings. The molecule has 3 aromatic rings. The number of ketones is 1. The van der Waals surface area contributed by atoms with E-state index in [1.807, 2.05) is 6.07 Å². The molecule has 1 atom stereocenters. The van der Waals surface area contributed by atoms with Crippen LogP contribution in [0.2, 0.25) is 5.02 Å². The van der Waals surface area contributed by atoms with Crippen LogP contribution >= 0.6 is 11.6 Å². The zero-order valence-corrected chi connectivity index (χ0v) is 22.5. The third-order valence-electron chi connectivity index (χ3n) is 5.90. The molecule has 3 rings (SSSR count). The number of carbonyl (C=O) groups is 3. The van der Waals surface area contributed by atoms with Gasteiger partial charge in [-0.2, -0.15) is 18.4 Å². The summed E-state index contributed by atoms with van der Waals surface area (Å²) in [6.07, 6.45) is -4.48. The Kier molecular flexibility index (Phi) is 9.83. The Morgan fingerprint density at radius 1 is 1.10 bits per heavy atom. The fourth-order valence-electron chi connectivity index (χ4n) is 4.06. The van der Waals surface area contributed by atoms with Crippen LogP contribution in [0.4, 0.5) is 27.8 Å². The summed E-state index contributed by atoms with van der Waals surface area (Å²) < 4.78 is 69.0. The van der Waals surface area contributed by atoms with Crippen molar-refractivity contribution in [2.75, 3.05) is 11.9 Å². The number of anilines is 1. The summed E-state index contributed by atoms with van der Waals surface area (Å²) in [6, 6.07) is 6.68. The van der Waals surface area contributed by atoms with Crippen LogP contribution in [-0.4, -0.2) is 33.7 Å². The van der Waals surface area contributed by atoms with Crippen molar-refractivity contribution in [3.63, 3.8) is 0 Å². The summed E-state index contributed by atoms with van der Waals surface area (Å²) in [7, 11) is 0. The van der Waals surface area contributed by atoms with Crippen molar-refractivity contribution in [1.29, 1.82) is 5.26 Å². The molecule has 0 spiro atoms. The van der Waals surface area contributed by atoms with Gasteiger partial charge in [0.1, 0.15) is 17.4 Å². The number of nitrogens with zero attached hydrogens (tertiary/aromatic N) is 3. The van der Waals surface area contributed by atoms with Crippen LogP contribution in [0.15, 0.2) is 36.4 Å². The molecule has 2 aromatic carbocycles. The van der Waals surface area contributed by atoms with Gasteiger partial charge in [0.2, 0.25) is 5.82 Å². The normalized spacial score (nSPS) is 12.0. The van der Waals surface area contributed by atoms with Gasteiger partial charge in [0.25, 0.3) is 11.8 Å². The van der Waals surface area contributed by atoms with Gasteiger partial charge in [-0.1, -0.05) is 18.5 Å². The van der Waals surface area contributed by atoms with E-state index >= 15 is 0 Å². The highest BCUT2D eigenvalue weighted by Gasteiger charge is 2.33. The quantitative estimate of drug-likeness (QED) is 0.225. The van der Waals surface area contributed by atoms with E-state index in [9.17, 15) is 36.3 Å². The number of benzene rings is 2. The number of unbranched alkanes of at least 4 members (excludes halogenated alkanes) is 1. The third-order valence-corrected chi connectivity index (χ3v) is 6.24. The summed E-state index contributed by atoms with van der Waals surface area (Å²) in [5, 5.41) is 13.7. The van der Waals surface area contributed by atoms with Crippen LogP contribution in [0.25, 0.3) is 0 Å². The van der Waals surface area contributed by atoms with Crippen LogP contribution in [0.1, 0.15) is 70.4 Å². The lowest BCUT2D eigenvalue weighted by molar-refractivity contribution is -0.137. The van der Waals surface area contributed by atoms with Crippen molar-refractivity contribution in [2.45, 2.75) is 45.3 Å². The minimum Gasteiger partial charge on any atom is -0.349 e. The highest BCUT2D eigenvalue weighted by molar-refractivity contribution is 6.31. The lowest BCUT2D eigenvalue weighted by atomic mass is 9.96. The summed E-state index contributed by atoms with van der Waals surface area (Å²) in [5.74, 6) is -5.99. The number of hydrogen-bond donors (Lipinski definition) is 2. The Labute approximate surface area is 236 Å². The molecular formula is C27H23ClF5N5O3. The van der Waals surface area contributed by atoms with Crippen molar-refractivity contribution >= 4 is 35.0 Å². The van der Waals surface area contributed by atoms with Crippen molar-refractivity contribution in [1.82, 2.24) is 14.9 Å². The maximum absolute atomic E-state index is 14.2. The van der Waals surface area contributed by atoms with Gasteiger partial charge < -0.3 is 15.2 Å². The average Bonchev–Trinajstić information content (AvgIpc) is 3.23. The highest BCUT2D eigenvalue weighted by atomic mass is 35.5. The molecule has 41 heavy (non-hydrogen) atoms. The third kappa shape index (κ3) is 7.67. The van der Waals surface area contributed by atoms with E-state index in [-0.39, 0.29) is 47.0 Å². The van der Waals surface area contributed by atoms with Gasteiger partial charge in [-0.05, 0) is 55.3 Å². The minimum atomic E-state index is -4.94. The fourth-order valence-corrected chi connectivity index (χ4v) is 4.34. The smallest absolute Gasteiger partial charge is 0.349 e. The summed E-state index contributed by atoms with van der Waals surface area (Å²) >= 11 is 6.29. The first-order valence-corrected chi connectivity index (χ1v) is 12.5. The molecule has 14 heteroatoms. The molecule has 1 heterocycles. The number of alkyl halides is 3. The summed E-state index contributed by atoms with van der Waals surface area (Å²) in [6.45, 7) is 2.41. The molecule has 0 aliphatic heterocycles. The molecule has 0 unspecified atom stereocenters. The van der Waals surface area contributed by atoms with E-state index in [2.05, 4.69) is 15.6 Å². The van der Waals surface area contributed by atoms with Crippen LogP contribution in [0.5, 0.6) is 0 Å². The lowest BCUT2D eigenvalue weighted by Gasteiger charge is -2.19. The van der Waals surface area contributed by atoms with Crippen LogP contribution < -0.4 is 10.6 Å². The van der Waals surface area contributed by atoms with Crippen molar-refractivity contribution < 1.29 is 36.3 Å². The molecule has 0 aliphatic carbocycles. The number of aromatic nitrogens is 2. The maximum Gasteiger partial charge on any atom is 0.416 e. The van der Waals surface area contributed by atoms with E-state index in [1.54, 1.807) is 0 Å². The van der Waals surface area contributed by atoms with Gasteiger partial charge in [-0.25, -0.2) is 13.8 Å². The van der Waals surface area contributed by atoms with Gasteiger partial charge in [0.15, 0.2) is 5.82 Å². The molecule has 0 bridgehead atoms. The highest BCUT2D eigenvalue weighted by Crippen LogP contribution is 2.36. The van der Waals surface area contributed by atoms with E-state index in [0.717, 1.165) is 12.1 Å². The van der Waals surface area contributed by atoms with Gasteiger partial charge in [-0.3, -0.25) is 14.4 Å². The van der Waals surface area contributed by atoms with Crippen molar-refractivity contribution in [2.24, 2.45) is 0 Å². The van der Waals surface area contributed by atoms with Crippen LogP contribution in [0.3, 0.4) is 0 Å². The van der Waals surface area contributed by atoms with Crippen molar-refractivity contribution in [3.05, 3.63) is 81.3 Å². The van der Waals surface area contributed by atoms with E-state index in [1.165, 1.54) is 24.5 Å². The van der Waals surface area contributed by atoms with Crippen LogP contribution in [0, 0.1) is 23.0 Å². The Bertz CT molecular complexity index is 1530. The second kappa shape index (κ2) is 12.9. The zero-order chi connectivity index (χ0) is 30.5. The second-order valence-corrected chi connectivity index (χ2v) is 9.45. The Hall–Kier alpha value is -4.31. The van der Waals surface area contributed by atoms with E-state index in [4.69, 9.17) is 16.9 Å². The van der Waals surface area contributed by atoms with Gasteiger partial charge in [0.05, 0.1) is 23.9 Å². The van der Waals surface area contributed by atoms with Gasteiger partial charge >= 0.3 is 6.18 Å². The molecule has 0 radical (unpaired) electrons. The van der Waals surface area contributed by atoms with Gasteiger partial charge in [0, 0.05) is 29.5 Å². The summed E-state index contributed by atoms with van der Waals surface area (Å²) in [4.78, 5) is 42.5. The number of amides is 2. The average molecular weight is 596 g/mol. The number of imidazole rings is 1. The Morgan fingerprint density at radius 3 is 2.44 bits per heavy atom. The fraction of sp³-hybridized carbons (Fsp3) is 0.296. The number of hydrogen-bond acceptors (Lipinski definition) is 5. The first kappa shape index (κ1) is 31.2. The molecule has 216 valence electrons. The SMILES string of the molecule is CC(=O)Cn1c(C(=O)NCCCC#N)nc(NC(=O)c2cc(F)cc(C(F)(F)F)c2)c1[C@@H](C)c1cc(F)ccc1Cl. The number of halogens is 6. The number of nitriles is 1. The molecule has 0 aliphatic rings. The largest absolute Gasteiger partial charge is 0.416 e. The van der Waals surface area contributed by atoms with Crippen molar-refractivity contribution in [3.8, 4) is 6.07 Å². The molecular weight excluding hydrogens is 573 g/mol. The molecule has 2 N–H and O–H groups in total. The van der Waals surface area contributed by atoms with Gasteiger partial charge in [-0.15, -0.1) is 0 Å². The van der Waals surface area contributed by atoms with Crippen LogP contribution in [-0.2, 0) is 17.5 Å². The number of rotatable bonds is 10. The molecule has 2 amide bonds. The standard InChI is InChI=1S/C27H23ClF5N5O3/c1-14(39)13-38-22(15(2)20-12-18(29)5-6-21(20)28)23(36-24(38)26(41)35-8-4-3-7-34)37-25(40)16-9-17(27(31,32)33)11-19(30)10-16/h5-6,9-12,15H,3-4,8,13H2,1-2H3,(H,35,41)(H,37,40)/t15-/m0/s1. The first-order chi connectivity index (χ1) is 19.2. The maximum atomic E-state index is 14.2. The number of nitrogens with one attached hydrogen (secondary N) is 2. The van der Waals surface area contributed by atoms with E-state index < -0.39 is 59.0 Å². The predicted octanol–water partition coefficient (Wildman–Crippen LogP) is 5.86. The lowest BCUT2D eigenvalue weighted by Crippen LogP contribution is -2.29. The predicted molar refractivity (Wildman–Crippen MR) is 138 cm³/mol. The first-order valence-electron chi connectivity index (χ1n) is 12.1. The summed E-state index contributed by atoms with van der Waals surface area (Å²) in [5.41, 5.74) is -1.89. The topological polar surface area (TPSA) is 117 Å². The molecule has 8 nitrogen and oxygen atoms in total. The Balaban J connectivity index is 2.17. The van der Waals surface area contributed by atoms with E-state index in [0.29, 0.717) is 18.6 Å². The molecule has 0 saturated heterocycles. The monoisotopic (exact) mass is 595 g/mol. The molecule has 0 saturated carbocycles. The number of Topliss-reactive ketones (excluding diaryl/α,β-unsaturated/α-hetero) is 1. The second-order valence-electron chi connectivity index (χ2n) is 9.04. The zero-order valence-electron chi connectivity index (χ0n) is 21.7. The Morgan fingerprint density at radius 2 is 1.80 bits per heavy atom.